The van der Waals surface area contributed by atoms with Gasteiger partial charge >= 0.3 is 0 Å². The van der Waals surface area contributed by atoms with Gasteiger partial charge in [-0.1, -0.05) is 40.5 Å². The molecule has 25 heavy (non-hydrogen) atoms. The normalized spacial score (nSPS) is 16.5. The van der Waals surface area contributed by atoms with E-state index in [4.69, 9.17) is 9.84 Å². The zero-order valence-corrected chi connectivity index (χ0v) is 15.5. The summed E-state index contributed by atoms with van der Waals surface area (Å²) in [6.45, 7) is 17.4. The molecule has 3 unspecified atom stereocenters. The molecule has 0 bridgehead atoms. The number of aliphatic hydroxyl groups is 1. The van der Waals surface area contributed by atoms with Crippen LogP contribution in [0, 0.1) is 17.8 Å². The molecule has 0 spiro atoms. The maximum atomic E-state index is 14.2. The molecule has 0 aromatic carbocycles. The van der Waals surface area contributed by atoms with Gasteiger partial charge in [0.15, 0.2) is 11.7 Å². The van der Waals surface area contributed by atoms with Gasteiger partial charge in [-0.25, -0.2) is 13.2 Å². The lowest BCUT2D eigenvalue weighted by atomic mass is 9.86. The van der Waals surface area contributed by atoms with E-state index in [1.807, 2.05) is 13.8 Å². The summed E-state index contributed by atoms with van der Waals surface area (Å²) < 4.78 is 46.3. The third-order valence-electron chi connectivity index (χ3n) is 4.30. The van der Waals surface area contributed by atoms with Gasteiger partial charge in [-0.05, 0) is 43.3 Å². The summed E-state index contributed by atoms with van der Waals surface area (Å²) in [7, 11) is 0. The topological polar surface area (TPSA) is 29.5 Å². The lowest BCUT2D eigenvalue weighted by molar-refractivity contribution is 0.218. The van der Waals surface area contributed by atoms with Crippen LogP contribution >= 0.6 is 0 Å². The summed E-state index contributed by atoms with van der Waals surface area (Å²) >= 11 is 0. The third kappa shape index (κ3) is 7.67. The molecular weight excluding hydrogens is 329 g/mol. The summed E-state index contributed by atoms with van der Waals surface area (Å²) in [6, 6.07) is 0. The minimum atomic E-state index is -1.05. The molecule has 0 aromatic heterocycles. The Balaban J connectivity index is 4.78. The molecule has 0 aliphatic heterocycles. The Morgan fingerprint density at radius 1 is 1.08 bits per heavy atom. The Labute approximate surface area is 149 Å². The molecular formula is C20H29F3O2. The number of ether oxygens (including phenoxy) is 1. The Kier molecular flexibility index (Phi) is 10.0. The quantitative estimate of drug-likeness (QED) is 0.323. The van der Waals surface area contributed by atoms with Gasteiger partial charge in [-0.2, -0.15) is 0 Å². The number of hydrogen-bond acceptors (Lipinski definition) is 2. The van der Waals surface area contributed by atoms with Gasteiger partial charge < -0.3 is 9.84 Å². The van der Waals surface area contributed by atoms with Crippen molar-refractivity contribution in [3.05, 3.63) is 60.4 Å². The highest BCUT2D eigenvalue weighted by Crippen LogP contribution is 2.32. The van der Waals surface area contributed by atoms with Crippen LogP contribution in [0.3, 0.4) is 0 Å². The minimum absolute atomic E-state index is 0.0740. The third-order valence-corrected chi connectivity index (χ3v) is 4.30. The summed E-state index contributed by atoms with van der Waals surface area (Å²) in [5, 5.41) is 8.96. The Hall–Kier alpha value is -1.91. The van der Waals surface area contributed by atoms with Crippen molar-refractivity contribution in [2.45, 2.75) is 40.5 Å². The van der Waals surface area contributed by atoms with E-state index in [9.17, 15) is 13.2 Å². The molecule has 0 rings (SSSR count). The largest absolute Gasteiger partial charge is 0.506 e. The zero-order chi connectivity index (χ0) is 19.7. The Morgan fingerprint density at radius 2 is 1.64 bits per heavy atom. The molecule has 0 amide bonds. The molecule has 5 heteroatoms. The van der Waals surface area contributed by atoms with Gasteiger partial charge in [0, 0.05) is 5.92 Å². The van der Waals surface area contributed by atoms with Gasteiger partial charge in [-0.3, -0.25) is 0 Å². The predicted octanol–water partition coefficient (Wildman–Crippen LogP) is 6.86. The monoisotopic (exact) mass is 358 g/mol. The van der Waals surface area contributed by atoms with E-state index in [1.54, 1.807) is 13.8 Å². The molecule has 0 saturated heterocycles. The fraction of sp³-hybridized carbons (Fsp3) is 0.500. The predicted molar refractivity (Wildman–Crippen MR) is 96.8 cm³/mol. The number of hydrogen-bond donors (Lipinski definition) is 1. The lowest BCUT2D eigenvalue weighted by Crippen LogP contribution is -2.12. The highest BCUT2D eigenvalue weighted by Gasteiger charge is 2.23. The van der Waals surface area contributed by atoms with E-state index >= 15 is 0 Å². The van der Waals surface area contributed by atoms with Gasteiger partial charge in [0.2, 0.25) is 0 Å². The van der Waals surface area contributed by atoms with E-state index in [-0.39, 0.29) is 24.2 Å². The Bertz CT molecular complexity index is 561. The second-order valence-corrected chi connectivity index (χ2v) is 6.28. The van der Waals surface area contributed by atoms with Crippen LogP contribution in [0.25, 0.3) is 0 Å². The van der Waals surface area contributed by atoms with E-state index in [1.165, 1.54) is 0 Å². The fourth-order valence-electron chi connectivity index (χ4n) is 2.16. The van der Waals surface area contributed by atoms with Crippen LogP contribution in [0.5, 0.6) is 0 Å². The zero-order valence-electron chi connectivity index (χ0n) is 15.5. The van der Waals surface area contributed by atoms with Crippen molar-refractivity contribution in [1.29, 1.82) is 0 Å². The number of aliphatic hydroxyl groups excluding tert-OH is 1. The maximum Gasteiger partial charge on any atom is 0.196 e. The molecule has 1 N–H and O–H groups in total. The summed E-state index contributed by atoms with van der Waals surface area (Å²) in [4.78, 5) is 0. The molecule has 0 aliphatic rings. The first-order chi connectivity index (χ1) is 11.5. The van der Waals surface area contributed by atoms with Crippen LogP contribution in [-0.2, 0) is 4.74 Å². The van der Waals surface area contributed by atoms with Gasteiger partial charge in [0.1, 0.15) is 17.3 Å². The van der Waals surface area contributed by atoms with Crippen LogP contribution in [0.1, 0.15) is 40.5 Å². The van der Waals surface area contributed by atoms with E-state index < -0.39 is 29.2 Å². The molecule has 0 fully saturated rings. The van der Waals surface area contributed by atoms with Crippen molar-refractivity contribution >= 4 is 0 Å². The lowest BCUT2D eigenvalue weighted by Gasteiger charge is -2.21. The van der Waals surface area contributed by atoms with Crippen molar-refractivity contribution in [2.75, 3.05) is 6.61 Å². The van der Waals surface area contributed by atoms with Crippen molar-refractivity contribution in [1.82, 2.24) is 0 Å². The van der Waals surface area contributed by atoms with Crippen LogP contribution in [0.2, 0.25) is 0 Å². The van der Waals surface area contributed by atoms with Crippen molar-refractivity contribution < 1.29 is 23.0 Å². The molecule has 142 valence electrons. The van der Waals surface area contributed by atoms with Crippen LogP contribution in [-0.4, -0.2) is 11.7 Å². The summed E-state index contributed by atoms with van der Waals surface area (Å²) in [6.07, 6.45) is 2.35. The van der Waals surface area contributed by atoms with E-state index in [2.05, 4.69) is 19.7 Å². The average Bonchev–Trinajstić information content (AvgIpc) is 2.56. The van der Waals surface area contributed by atoms with Crippen LogP contribution in [0.15, 0.2) is 60.4 Å². The van der Waals surface area contributed by atoms with Crippen LogP contribution in [0.4, 0.5) is 13.2 Å². The first-order valence-electron chi connectivity index (χ1n) is 8.34. The second-order valence-electron chi connectivity index (χ2n) is 6.28. The van der Waals surface area contributed by atoms with Crippen molar-refractivity contribution in [2.24, 2.45) is 17.8 Å². The molecule has 2 nitrogen and oxygen atoms in total. The molecule has 0 aliphatic carbocycles. The highest BCUT2D eigenvalue weighted by molar-refractivity contribution is 5.27. The Morgan fingerprint density at radius 3 is 2.12 bits per heavy atom. The van der Waals surface area contributed by atoms with Crippen molar-refractivity contribution in [3.8, 4) is 0 Å². The van der Waals surface area contributed by atoms with Gasteiger partial charge in [0.05, 0.1) is 6.61 Å². The van der Waals surface area contributed by atoms with E-state index in [0.29, 0.717) is 18.4 Å². The average molecular weight is 358 g/mol. The fourth-order valence-corrected chi connectivity index (χ4v) is 2.16. The molecule has 0 radical (unpaired) electrons. The first-order valence-corrected chi connectivity index (χ1v) is 8.34. The van der Waals surface area contributed by atoms with Gasteiger partial charge in [-0.15, -0.1) is 0 Å². The maximum absolute atomic E-state index is 14.2. The molecule has 0 aromatic rings. The van der Waals surface area contributed by atoms with Crippen LogP contribution < -0.4 is 0 Å². The van der Waals surface area contributed by atoms with Crippen molar-refractivity contribution in [3.63, 3.8) is 0 Å². The number of rotatable bonds is 11. The minimum Gasteiger partial charge on any atom is -0.506 e. The first kappa shape index (κ1) is 23.1. The summed E-state index contributed by atoms with van der Waals surface area (Å²) in [5.74, 6) is -4.55. The SMILES string of the molecule is C=C(OCC)/C(F)=C(/F)C(C)C(C)CCC(C)C(=C)/C=C(/F)C(=C)O. The molecule has 3 atom stereocenters. The number of halogens is 3. The molecule has 0 saturated carbocycles. The van der Waals surface area contributed by atoms with E-state index in [0.717, 1.165) is 6.08 Å². The smallest absolute Gasteiger partial charge is 0.196 e. The standard InChI is InChI=1S/C20H29F3O2/c1-8-25-17(7)20(23)19(22)15(5)13(3)10-9-12(2)14(4)11-18(21)16(6)24/h11-13,15,24H,4,6-10H2,1-3,5H3/b18-11+,20-19-. The second kappa shape index (κ2) is 10.9. The molecule has 0 heterocycles. The number of allylic oxidation sites excluding steroid dienone is 5. The summed E-state index contributed by atoms with van der Waals surface area (Å²) in [5.41, 5.74) is 0.500. The highest BCUT2D eigenvalue weighted by atomic mass is 19.2. The van der Waals surface area contributed by atoms with Gasteiger partial charge in [0.25, 0.3) is 0 Å².